The van der Waals surface area contributed by atoms with Gasteiger partial charge in [0.2, 0.25) is 5.28 Å². The molecule has 12 nitrogen and oxygen atoms in total. The second-order valence-electron chi connectivity index (χ2n) is 11.5. The molecule has 2 aromatic heterocycles. The number of fused-ring (bicyclic) bond motifs is 1. The number of imidazole rings is 1. The van der Waals surface area contributed by atoms with Gasteiger partial charge in [0.15, 0.2) is 11.5 Å². The summed E-state index contributed by atoms with van der Waals surface area (Å²) in [5.41, 5.74) is 2.05. The molecule has 0 aliphatic carbocycles. The minimum Gasteiger partial charge on any atom is -0.469 e. The number of methoxy groups -OCH3 is 1. The molecule has 1 saturated heterocycles. The molecule has 1 aromatic carbocycles. The number of benzene rings is 1. The van der Waals surface area contributed by atoms with E-state index in [0.29, 0.717) is 69.1 Å². The fourth-order valence-electron chi connectivity index (χ4n) is 4.96. The molecule has 0 spiro atoms. The SMILES string of the molecule is COC(=O)CCN(CCCNC(=O)Nc1ccc(C(C)(C)C)cc1)CC1(O)CCN(c2nc(Cl)nc3nc[nH]c23)C1. The van der Waals surface area contributed by atoms with Gasteiger partial charge in [0.1, 0.15) is 5.52 Å². The first-order chi connectivity index (χ1) is 19.5. The number of esters is 1. The molecule has 0 radical (unpaired) electrons. The zero-order chi connectivity index (χ0) is 29.6. The maximum atomic E-state index is 12.4. The first-order valence-corrected chi connectivity index (χ1v) is 14.1. The van der Waals surface area contributed by atoms with Crippen LogP contribution in [0.15, 0.2) is 30.6 Å². The van der Waals surface area contributed by atoms with Crippen LogP contribution >= 0.6 is 11.6 Å². The van der Waals surface area contributed by atoms with E-state index in [1.807, 2.05) is 34.1 Å². The molecule has 0 saturated carbocycles. The maximum absolute atomic E-state index is 12.4. The summed E-state index contributed by atoms with van der Waals surface area (Å²) in [6, 6.07) is 7.54. The van der Waals surface area contributed by atoms with Crippen LogP contribution in [0.5, 0.6) is 0 Å². The number of halogens is 1. The van der Waals surface area contributed by atoms with Crippen LogP contribution in [-0.4, -0.2) is 93.9 Å². The quantitative estimate of drug-likeness (QED) is 0.151. The second kappa shape index (κ2) is 13.0. The standard InChI is InChI=1S/C28H39ClN8O4/c1-27(2,3)19-6-8-20(9-7-19)33-26(39)30-12-5-13-36(14-10-21(38)41-4)16-28(40)11-15-37(17-28)24-22-23(32-18-31-22)34-25(29)35-24/h6-9,18,40H,5,10-17H2,1-4H3,(H2,30,33,39)(H,31,32,34,35). The van der Waals surface area contributed by atoms with E-state index in [4.69, 9.17) is 16.3 Å². The summed E-state index contributed by atoms with van der Waals surface area (Å²) in [5, 5.41) is 17.3. The molecular weight excluding hydrogens is 548 g/mol. The van der Waals surface area contributed by atoms with Gasteiger partial charge in [-0.3, -0.25) is 9.69 Å². The Labute approximate surface area is 244 Å². The van der Waals surface area contributed by atoms with Crippen molar-refractivity contribution in [2.75, 3.05) is 56.6 Å². The third-order valence-corrected chi connectivity index (χ3v) is 7.36. The lowest BCUT2D eigenvalue weighted by Gasteiger charge is -2.31. The second-order valence-corrected chi connectivity index (χ2v) is 11.8. The fourth-order valence-corrected chi connectivity index (χ4v) is 5.12. The van der Waals surface area contributed by atoms with Gasteiger partial charge < -0.3 is 30.4 Å². The highest BCUT2D eigenvalue weighted by molar-refractivity contribution is 6.28. The molecule has 1 fully saturated rings. The van der Waals surface area contributed by atoms with Crippen molar-refractivity contribution in [3.05, 3.63) is 41.4 Å². The molecular formula is C28H39ClN8O4. The van der Waals surface area contributed by atoms with Crippen LogP contribution in [0.2, 0.25) is 5.28 Å². The van der Waals surface area contributed by atoms with Crippen molar-refractivity contribution in [1.29, 1.82) is 0 Å². The van der Waals surface area contributed by atoms with Crippen molar-refractivity contribution < 1.29 is 19.4 Å². The Morgan fingerprint density at radius 3 is 2.68 bits per heavy atom. The number of aromatic nitrogens is 4. The van der Waals surface area contributed by atoms with Crippen molar-refractivity contribution in [3.63, 3.8) is 0 Å². The first-order valence-electron chi connectivity index (χ1n) is 13.7. The summed E-state index contributed by atoms with van der Waals surface area (Å²) in [4.78, 5) is 44.0. The molecule has 222 valence electrons. The number of amides is 2. The van der Waals surface area contributed by atoms with Crippen LogP contribution in [-0.2, 0) is 14.9 Å². The lowest BCUT2D eigenvalue weighted by Crippen LogP contribution is -2.46. The Balaban J connectivity index is 1.30. The number of ether oxygens (including phenoxy) is 1. The summed E-state index contributed by atoms with van der Waals surface area (Å²) >= 11 is 6.11. The topological polar surface area (TPSA) is 149 Å². The summed E-state index contributed by atoms with van der Waals surface area (Å²) in [5.74, 6) is 0.278. The third-order valence-electron chi connectivity index (χ3n) is 7.19. The van der Waals surface area contributed by atoms with Crippen LogP contribution in [0, 0.1) is 0 Å². The van der Waals surface area contributed by atoms with E-state index in [9.17, 15) is 14.7 Å². The number of β-amino-alcohol motifs (C(OH)–C–C–N with tert-alkyl or cyclic N) is 1. The summed E-state index contributed by atoms with van der Waals surface area (Å²) in [6.07, 6.45) is 2.87. The lowest BCUT2D eigenvalue weighted by atomic mass is 9.87. The van der Waals surface area contributed by atoms with E-state index in [-0.39, 0.29) is 29.1 Å². The normalized spacial score (nSPS) is 17.3. The zero-order valence-corrected chi connectivity index (χ0v) is 24.8. The Hall–Kier alpha value is -3.48. The van der Waals surface area contributed by atoms with Gasteiger partial charge in [-0.25, -0.2) is 9.78 Å². The number of anilines is 2. The van der Waals surface area contributed by atoms with Crippen molar-refractivity contribution >= 4 is 46.3 Å². The van der Waals surface area contributed by atoms with E-state index < -0.39 is 5.60 Å². The van der Waals surface area contributed by atoms with Gasteiger partial charge in [-0.05, 0) is 54.1 Å². The molecule has 13 heteroatoms. The van der Waals surface area contributed by atoms with Gasteiger partial charge in [0.25, 0.3) is 0 Å². The van der Waals surface area contributed by atoms with Crippen molar-refractivity contribution in [3.8, 4) is 0 Å². The molecule has 41 heavy (non-hydrogen) atoms. The Morgan fingerprint density at radius 1 is 1.22 bits per heavy atom. The smallest absolute Gasteiger partial charge is 0.319 e. The Kier molecular flexibility index (Phi) is 9.67. The van der Waals surface area contributed by atoms with Crippen LogP contribution < -0.4 is 15.5 Å². The van der Waals surface area contributed by atoms with E-state index in [2.05, 4.69) is 51.3 Å². The molecule has 1 unspecified atom stereocenters. The monoisotopic (exact) mass is 586 g/mol. The van der Waals surface area contributed by atoms with Gasteiger partial charge >= 0.3 is 12.0 Å². The van der Waals surface area contributed by atoms with E-state index >= 15 is 0 Å². The number of carbonyl (C=O) groups is 2. The van der Waals surface area contributed by atoms with E-state index in [1.54, 1.807) is 0 Å². The zero-order valence-electron chi connectivity index (χ0n) is 24.0. The number of H-pyrrole nitrogens is 1. The Bertz CT molecular complexity index is 1340. The minimum atomic E-state index is -1.04. The number of hydrogen-bond donors (Lipinski definition) is 4. The largest absolute Gasteiger partial charge is 0.469 e. The molecule has 4 rings (SSSR count). The number of aliphatic hydroxyl groups is 1. The summed E-state index contributed by atoms with van der Waals surface area (Å²) in [6.45, 7) is 9.11. The average molecular weight is 587 g/mol. The molecule has 1 atom stereocenters. The molecule has 3 heterocycles. The van der Waals surface area contributed by atoms with Gasteiger partial charge in [-0.2, -0.15) is 9.97 Å². The van der Waals surface area contributed by atoms with Gasteiger partial charge in [-0.1, -0.05) is 32.9 Å². The number of nitrogens with one attached hydrogen (secondary N) is 3. The van der Waals surface area contributed by atoms with Crippen molar-refractivity contribution in [1.82, 2.24) is 30.2 Å². The van der Waals surface area contributed by atoms with Gasteiger partial charge in [0.05, 0.1) is 25.5 Å². The molecule has 3 aromatic rings. The molecule has 1 aliphatic heterocycles. The Morgan fingerprint density at radius 2 is 1.98 bits per heavy atom. The van der Waals surface area contributed by atoms with E-state index in [0.717, 1.165) is 5.69 Å². The highest BCUT2D eigenvalue weighted by Gasteiger charge is 2.39. The van der Waals surface area contributed by atoms with Gasteiger partial charge in [0, 0.05) is 38.4 Å². The van der Waals surface area contributed by atoms with Crippen LogP contribution in [0.25, 0.3) is 11.2 Å². The van der Waals surface area contributed by atoms with Crippen molar-refractivity contribution in [2.45, 2.75) is 51.0 Å². The summed E-state index contributed by atoms with van der Waals surface area (Å²) < 4.78 is 4.82. The lowest BCUT2D eigenvalue weighted by molar-refractivity contribution is -0.141. The number of hydrogen-bond acceptors (Lipinski definition) is 9. The van der Waals surface area contributed by atoms with Crippen molar-refractivity contribution in [2.24, 2.45) is 0 Å². The van der Waals surface area contributed by atoms with Crippen LogP contribution in [0.4, 0.5) is 16.3 Å². The predicted molar refractivity (Wildman–Crippen MR) is 158 cm³/mol. The molecule has 0 bridgehead atoms. The first kappa shape index (κ1) is 30.5. The average Bonchev–Trinajstić information content (AvgIpc) is 3.55. The number of carbonyl (C=O) groups excluding carboxylic acids is 2. The molecule has 4 N–H and O–H groups in total. The molecule has 1 aliphatic rings. The fraction of sp³-hybridized carbons (Fsp3) is 0.536. The number of nitrogens with zero attached hydrogens (tertiary/aromatic N) is 5. The maximum Gasteiger partial charge on any atom is 0.319 e. The highest BCUT2D eigenvalue weighted by atomic mass is 35.5. The van der Waals surface area contributed by atoms with Crippen LogP contribution in [0.3, 0.4) is 0 Å². The number of urea groups is 1. The van der Waals surface area contributed by atoms with Gasteiger partial charge in [-0.15, -0.1) is 0 Å². The number of aromatic amines is 1. The molecule has 2 amide bonds. The number of rotatable bonds is 11. The predicted octanol–water partition coefficient (Wildman–Crippen LogP) is 3.32. The van der Waals surface area contributed by atoms with Crippen LogP contribution in [0.1, 0.15) is 45.6 Å². The third kappa shape index (κ3) is 8.27. The summed E-state index contributed by atoms with van der Waals surface area (Å²) in [7, 11) is 1.36. The highest BCUT2D eigenvalue weighted by Crippen LogP contribution is 2.31. The van der Waals surface area contributed by atoms with E-state index in [1.165, 1.54) is 19.0 Å². The minimum absolute atomic E-state index is 0.0419.